The van der Waals surface area contributed by atoms with Gasteiger partial charge in [-0.1, -0.05) is 32.3 Å². The Morgan fingerprint density at radius 1 is 1.29 bits per heavy atom. The van der Waals surface area contributed by atoms with Gasteiger partial charge in [0.1, 0.15) is 11.5 Å². The molecule has 1 aliphatic carbocycles. The number of hydrogen-bond acceptors (Lipinski definition) is 3. The summed E-state index contributed by atoms with van der Waals surface area (Å²) in [6.07, 6.45) is 6.45. The van der Waals surface area contributed by atoms with Crippen molar-refractivity contribution in [3.63, 3.8) is 0 Å². The summed E-state index contributed by atoms with van der Waals surface area (Å²) in [4.78, 5) is 0. The first-order chi connectivity index (χ1) is 10.3. The first kappa shape index (κ1) is 16.2. The lowest BCUT2D eigenvalue weighted by atomic mass is 9.83. The van der Waals surface area contributed by atoms with Gasteiger partial charge in [0.2, 0.25) is 0 Å². The van der Waals surface area contributed by atoms with E-state index < -0.39 is 0 Å². The zero-order valence-corrected chi connectivity index (χ0v) is 13.7. The number of ether oxygens (including phenoxy) is 2. The predicted octanol–water partition coefficient (Wildman–Crippen LogP) is 4.32. The Kier molecular flexibility index (Phi) is 6.37. The van der Waals surface area contributed by atoms with Crippen LogP contribution in [0, 0.1) is 5.92 Å². The van der Waals surface area contributed by atoms with Crippen LogP contribution in [0.4, 0.5) is 0 Å². The summed E-state index contributed by atoms with van der Waals surface area (Å²) < 4.78 is 11.6. The van der Waals surface area contributed by atoms with E-state index >= 15 is 0 Å². The molecule has 1 fully saturated rings. The van der Waals surface area contributed by atoms with E-state index in [0.29, 0.717) is 0 Å². The molecule has 0 aliphatic heterocycles. The second-order valence-corrected chi connectivity index (χ2v) is 5.98. The molecule has 1 aromatic rings. The maximum atomic E-state index is 6.07. The molecule has 1 unspecified atom stereocenters. The van der Waals surface area contributed by atoms with Crippen molar-refractivity contribution >= 4 is 0 Å². The molecule has 1 saturated carbocycles. The number of nitrogens with one attached hydrogen (secondary N) is 1. The molecule has 21 heavy (non-hydrogen) atoms. The summed E-state index contributed by atoms with van der Waals surface area (Å²) in [5.74, 6) is 2.76. The molecule has 3 heteroatoms. The highest BCUT2D eigenvalue weighted by atomic mass is 16.5. The largest absolute Gasteiger partial charge is 0.496 e. The third-order valence-electron chi connectivity index (χ3n) is 4.39. The number of benzene rings is 1. The van der Waals surface area contributed by atoms with Crippen molar-refractivity contribution < 1.29 is 9.47 Å². The first-order valence-electron chi connectivity index (χ1n) is 8.29. The molecule has 3 nitrogen and oxygen atoms in total. The molecular weight excluding hydrogens is 262 g/mol. The molecule has 0 saturated heterocycles. The number of hydrogen-bond donors (Lipinski definition) is 1. The van der Waals surface area contributed by atoms with Crippen LogP contribution in [-0.4, -0.2) is 20.3 Å². The monoisotopic (exact) mass is 291 g/mol. The Hall–Kier alpha value is -1.22. The van der Waals surface area contributed by atoms with Gasteiger partial charge >= 0.3 is 0 Å². The van der Waals surface area contributed by atoms with Crippen molar-refractivity contribution in [2.45, 2.75) is 52.0 Å². The normalized spacial score (nSPS) is 16.3. The molecular formula is C18H29NO2. The maximum Gasteiger partial charge on any atom is 0.127 e. The van der Waals surface area contributed by atoms with Crippen LogP contribution in [0.25, 0.3) is 0 Å². The zero-order chi connectivity index (χ0) is 15.1. The predicted molar refractivity (Wildman–Crippen MR) is 87.2 cm³/mol. The fraction of sp³-hybridized carbons (Fsp3) is 0.667. The van der Waals surface area contributed by atoms with E-state index in [9.17, 15) is 0 Å². The fourth-order valence-electron chi connectivity index (χ4n) is 2.83. The van der Waals surface area contributed by atoms with Crippen LogP contribution in [-0.2, 0) is 0 Å². The number of rotatable bonds is 9. The van der Waals surface area contributed by atoms with Gasteiger partial charge in [-0.3, -0.25) is 0 Å². The molecule has 0 aromatic heterocycles. The minimum absolute atomic E-state index is 0.236. The van der Waals surface area contributed by atoms with Gasteiger partial charge in [0.25, 0.3) is 0 Å². The minimum Gasteiger partial charge on any atom is -0.496 e. The topological polar surface area (TPSA) is 30.5 Å². The van der Waals surface area contributed by atoms with E-state index in [1.54, 1.807) is 7.11 Å². The van der Waals surface area contributed by atoms with Crippen LogP contribution < -0.4 is 14.8 Å². The van der Waals surface area contributed by atoms with Crippen LogP contribution in [0.2, 0.25) is 0 Å². The SMILES string of the molecule is CCCNC(C)c1c(OC)cccc1OCCC1CCC1. The Morgan fingerprint density at radius 2 is 2.05 bits per heavy atom. The Balaban J connectivity index is 2.02. The molecule has 0 heterocycles. The molecule has 0 bridgehead atoms. The van der Waals surface area contributed by atoms with Gasteiger partial charge in [0, 0.05) is 6.04 Å². The molecule has 1 aromatic carbocycles. The Labute approximate surface area is 129 Å². The molecule has 0 amide bonds. The second-order valence-electron chi connectivity index (χ2n) is 5.98. The van der Waals surface area contributed by atoms with E-state index in [1.807, 2.05) is 12.1 Å². The lowest BCUT2D eigenvalue weighted by molar-refractivity contribution is 0.219. The van der Waals surface area contributed by atoms with E-state index in [1.165, 1.54) is 25.7 Å². The van der Waals surface area contributed by atoms with Gasteiger partial charge in [0.05, 0.1) is 19.3 Å². The third-order valence-corrected chi connectivity index (χ3v) is 4.39. The lowest BCUT2D eigenvalue weighted by Crippen LogP contribution is -2.21. The van der Waals surface area contributed by atoms with Crippen molar-refractivity contribution in [2.75, 3.05) is 20.3 Å². The molecule has 1 N–H and O–H groups in total. The summed E-state index contributed by atoms with van der Waals surface area (Å²) in [5, 5.41) is 3.53. The van der Waals surface area contributed by atoms with Gasteiger partial charge in [-0.2, -0.15) is 0 Å². The third kappa shape index (κ3) is 4.37. The van der Waals surface area contributed by atoms with Gasteiger partial charge in [-0.25, -0.2) is 0 Å². The second kappa shape index (κ2) is 8.28. The summed E-state index contributed by atoms with van der Waals surface area (Å²) in [5.41, 5.74) is 1.14. The average molecular weight is 291 g/mol. The van der Waals surface area contributed by atoms with Crippen LogP contribution in [0.1, 0.15) is 57.6 Å². The highest BCUT2D eigenvalue weighted by molar-refractivity contribution is 5.46. The standard InChI is InChI=1S/C18H29NO2/c1-4-12-19-14(2)18-16(20-3)9-6-10-17(18)21-13-11-15-7-5-8-15/h6,9-10,14-15,19H,4-5,7-8,11-13H2,1-3H3. The van der Waals surface area contributed by atoms with Gasteiger partial charge in [0.15, 0.2) is 0 Å². The summed E-state index contributed by atoms with van der Waals surface area (Å²) in [7, 11) is 1.73. The molecule has 1 atom stereocenters. The molecule has 118 valence electrons. The molecule has 0 radical (unpaired) electrons. The van der Waals surface area contributed by atoms with Gasteiger partial charge in [-0.15, -0.1) is 0 Å². The van der Waals surface area contributed by atoms with Crippen molar-refractivity contribution in [1.29, 1.82) is 0 Å². The average Bonchev–Trinajstić information content (AvgIpc) is 2.46. The van der Waals surface area contributed by atoms with Crippen LogP contribution in [0.3, 0.4) is 0 Å². The van der Waals surface area contributed by atoms with Gasteiger partial charge in [-0.05, 0) is 44.4 Å². The van der Waals surface area contributed by atoms with Gasteiger partial charge < -0.3 is 14.8 Å². The van der Waals surface area contributed by atoms with Crippen molar-refractivity contribution in [3.8, 4) is 11.5 Å². The Bertz CT molecular complexity index is 429. The van der Waals surface area contributed by atoms with Crippen LogP contribution in [0.15, 0.2) is 18.2 Å². The molecule has 0 spiro atoms. The molecule has 1 aliphatic rings. The zero-order valence-electron chi connectivity index (χ0n) is 13.7. The number of methoxy groups -OCH3 is 1. The lowest BCUT2D eigenvalue weighted by Gasteiger charge is -2.26. The summed E-state index contributed by atoms with van der Waals surface area (Å²) >= 11 is 0. The minimum atomic E-state index is 0.236. The highest BCUT2D eigenvalue weighted by Gasteiger charge is 2.19. The fourth-order valence-corrected chi connectivity index (χ4v) is 2.83. The summed E-state index contributed by atoms with van der Waals surface area (Å²) in [6, 6.07) is 6.31. The van der Waals surface area contributed by atoms with E-state index in [-0.39, 0.29) is 6.04 Å². The van der Waals surface area contributed by atoms with E-state index in [0.717, 1.165) is 42.6 Å². The van der Waals surface area contributed by atoms with Crippen molar-refractivity contribution in [3.05, 3.63) is 23.8 Å². The van der Waals surface area contributed by atoms with Crippen LogP contribution in [0.5, 0.6) is 11.5 Å². The first-order valence-corrected chi connectivity index (χ1v) is 8.29. The van der Waals surface area contributed by atoms with Crippen molar-refractivity contribution in [2.24, 2.45) is 5.92 Å². The van der Waals surface area contributed by atoms with E-state index in [4.69, 9.17) is 9.47 Å². The van der Waals surface area contributed by atoms with Crippen LogP contribution >= 0.6 is 0 Å². The Morgan fingerprint density at radius 3 is 2.67 bits per heavy atom. The highest BCUT2D eigenvalue weighted by Crippen LogP contribution is 2.35. The quantitative estimate of drug-likeness (QED) is 0.735. The summed E-state index contributed by atoms with van der Waals surface area (Å²) in [6.45, 7) is 6.16. The van der Waals surface area contributed by atoms with E-state index in [2.05, 4.69) is 25.2 Å². The smallest absolute Gasteiger partial charge is 0.127 e. The molecule has 2 rings (SSSR count). The maximum absolute atomic E-state index is 6.07. The van der Waals surface area contributed by atoms with Crippen molar-refractivity contribution in [1.82, 2.24) is 5.32 Å².